The molecule has 1 unspecified atom stereocenters. The lowest BCUT2D eigenvalue weighted by Crippen LogP contribution is -2.28. The third-order valence-electron chi connectivity index (χ3n) is 3.53. The molecule has 4 nitrogen and oxygen atoms in total. The first kappa shape index (κ1) is 14.5. The molecular weight excluding hydrogens is 258 g/mol. The average Bonchev–Trinajstić information content (AvgIpc) is 2.71. The van der Waals surface area contributed by atoms with Gasteiger partial charge in [-0.25, -0.2) is 4.98 Å². The lowest BCUT2D eigenvalue weighted by molar-refractivity contribution is -0.119. The zero-order valence-electron chi connectivity index (χ0n) is 11.8. The number of amides is 1. The van der Waals surface area contributed by atoms with Crippen LogP contribution in [0.1, 0.15) is 43.2 Å². The van der Waals surface area contributed by atoms with Gasteiger partial charge in [-0.15, -0.1) is 11.3 Å². The van der Waals surface area contributed by atoms with E-state index in [1.165, 1.54) is 36.3 Å². The van der Waals surface area contributed by atoms with Crippen LogP contribution in [0.3, 0.4) is 0 Å². The topological polar surface area (TPSA) is 54.0 Å². The fourth-order valence-corrected chi connectivity index (χ4v) is 3.44. The predicted octanol–water partition coefficient (Wildman–Crippen LogP) is 2.60. The summed E-state index contributed by atoms with van der Waals surface area (Å²) in [6.45, 7) is 2.62. The van der Waals surface area contributed by atoms with Crippen LogP contribution < -0.4 is 10.6 Å². The van der Waals surface area contributed by atoms with Crippen molar-refractivity contribution in [1.29, 1.82) is 0 Å². The Kier molecular flexibility index (Phi) is 5.34. The van der Waals surface area contributed by atoms with E-state index in [1.807, 2.05) is 14.0 Å². The molecule has 2 N–H and O–H groups in total. The molecule has 1 atom stereocenters. The van der Waals surface area contributed by atoms with E-state index in [0.717, 1.165) is 18.0 Å². The smallest absolute Gasteiger partial charge is 0.230 e. The number of fused-ring (bicyclic) bond motifs is 1. The molecular formula is C14H23N3OS. The summed E-state index contributed by atoms with van der Waals surface area (Å²) < 4.78 is 0. The summed E-state index contributed by atoms with van der Waals surface area (Å²) in [6, 6.07) is 0. The first-order valence-corrected chi connectivity index (χ1v) is 7.96. The second kappa shape index (κ2) is 7.01. The monoisotopic (exact) mass is 281 g/mol. The molecule has 19 heavy (non-hydrogen) atoms. The fourth-order valence-electron chi connectivity index (χ4n) is 2.39. The normalized spacial score (nSPS) is 17.2. The zero-order valence-corrected chi connectivity index (χ0v) is 12.6. The Balaban J connectivity index is 2.01. The number of hydrogen-bond acceptors (Lipinski definition) is 4. The molecule has 0 saturated heterocycles. The molecule has 2 rings (SSSR count). The van der Waals surface area contributed by atoms with Crippen LogP contribution in [-0.2, 0) is 17.6 Å². The van der Waals surface area contributed by atoms with Crippen LogP contribution in [0.4, 0.5) is 5.13 Å². The summed E-state index contributed by atoms with van der Waals surface area (Å²) in [5.74, 6) is 0.0209. The molecule has 0 aromatic carbocycles. The number of nitrogens with zero attached hydrogens (tertiary/aromatic N) is 1. The van der Waals surface area contributed by atoms with E-state index in [1.54, 1.807) is 11.3 Å². The van der Waals surface area contributed by atoms with Crippen molar-refractivity contribution in [3.8, 4) is 0 Å². The van der Waals surface area contributed by atoms with Crippen LogP contribution in [0.5, 0.6) is 0 Å². The average molecular weight is 281 g/mol. The van der Waals surface area contributed by atoms with Gasteiger partial charge in [0.25, 0.3) is 0 Å². The first-order chi connectivity index (χ1) is 9.20. The highest BCUT2D eigenvalue weighted by Crippen LogP contribution is 2.28. The van der Waals surface area contributed by atoms with Gasteiger partial charge < -0.3 is 10.6 Å². The molecule has 0 aliphatic heterocycles. The van der Waals surface area contributed by atoms with Gasteiger partial charge in [-0.2, -0.15) is 0 Å². The fraction of sp³-hybridized carbons (Fsp3) is 0.714. The Morgan fingerprint density at radius 2 is 2.05 bits per heavy atom. The standard InChI is InChI=1S/C14H23N3OS/c1-10(9-15-2)13(18)17-14-16-11-7-5-3-4-6-8-12(11)19-14/h10,15H,3-9H2,1-2H3,(H,16,17,18). The number of hydrogen-bond donors (Lipinski definition) is 2. The summed E-state index contributed by atoms with van der Waals surface area (Å²) in [5.41, 5.74) is 1.21. The molecule has 1 heterocycles. The minimum absolute atomic E-state index is 0.0310. The van der Waals surface area contributed by atoms with Gasteiger partial charge in [0.15, 0.2) is 5.13 Å². The molecule has 0 radical (unpaired) electrons. The van der Waals surface area contributed by atoms with Gasteiger partial charge in [0.1, 0.15) is 0 Å². The number of carbonyl (C=O) groups excluding carboxylic acids is 1. The van der Waals surface area contributed by atoms with Crippen LogP contribution in [0.25, 0.3) is 0 Å². The van der Waals surface area contributed by atoms with Crippen molar-refractivity contribution < 1.29 is 4.79 Å². The van der Waals surface area contributed by atoms with Crippen LogP contribution in [-0.4, -0.2) is 24.5 Å². The number of nitrogens with one attached hydrogen (secondary N) is 2. The Morgan fingerprint density at radius 3 is 2.79 bits per heavy atom. The van der Waals surface area contributed by atoms with Gasteiger partial charge in [-0.3, -0.25) is 4.79 Å². The Morgan fingerprint density at radius 1 is 1.32 bits per heavy atom. The maximum absolute atomic E-state index is 12.0. The third-order valence-corrected chi connectivity index (χ3v) is 4.61. The number of aryl methyl sites for hydroxylation is 2. The van der Waals surface area contributed by atoms with E-state index in [9.17, 15) is 4.79 Å². The first-order valence-electron chi connectivity index (χ1n) is 7.14. The van der Waals surface area contributed by atoms with E-state index >= 15 is 0 Å². The van der Waals surface area contributed by atoms with Crippen molar-refractivity contribution in [3.05, 3.63) is 10.6 Å². The maximum atomic E-state index is 12.0. The SMILES string of the molecule is CNCC(C)C(=O)Nc1nc2c(s1)CCCCCC2. The van der Waals surface area contributed by atoms with Crippen molar-refractivity contribution in [2.24, 2.45) is 5.92 Å². The highest BCUT2D eigenvalue weighted by molar-refractivity contribution is 7.15. The minimum Gasteiger partial charge on any atom is -0.319 e. The zero-order chi connectivity index (χ0) is 13.7. The van der Waals surface area contributed by atoms with Crippen molar-refractivity contribution in [3.63, 3.8) is 0 Å². The molecule has 0 fully saturated rings. The van der Waals surface area contributed by atoms with Crippen LogP contribution in [0, 0.1) is 5.92 Å². The van der Waals surface area contributed by atoms with E-state index in [-0.39, 0.29) is 11.8 Å². The third kappa shape index (κ3) is 4.01. The Hall–Kier alpha value is -0.940. The summed E-state index contributed by atoms with van der Waals surface area (Å²) >= 11 is 1.66. The molecule has 5 heteroatoms. The van der Waals surface area contributed by atoms with Gasteiger partial charge in [-0.05, 0) is 32.7 Å². The molecule has 1 aliphatic carbocycles. The molecule has 0 saturated carbocycles. The number of carbonyl (C=O) groups is 1. The second-order valence-corrected chi connectivity index (χ2v) is 6.33. The number of anilines is 1. The second-order valence-electron chi connectivity index (χ2n) is 5.25. The molecule has 0 spiro atoms. The quantitative estimate of drug-likeness (QED) is 0.892. The lowest BCUT2D eigenvalue weighted by atomic mass is 10.0. The Bertz CT molecular complexity index is 405. The van der Waals surface area contributed by atoms with E-state index in [0.29, 0.717) is 6.54 Å². The highest BCUT2D eigenvalue weighted by atomic mass is 32.1. The van der Waals surface area contributed by atoms with Gasteiger partial charge in [0.05, 0.1) is 5.69 Å². The number of aromatic nitrogens is 1. The van der Waals surface area contributed by atoms with Crippen LogP contribution >= 0.6 is 11.3 Å². The summed E-state index contributed by atoms with van der Waals surface area (Å²) in [7, 11) is 1.86. The molecule has 1 amide bonds. The number of rotatable bonds is 4. The molecule has 1 aromatic rings. The van der Waals surface area contributed by atoms with E-state index in [2.05, 4.69) is 15.6 Å². The summed E-state index contributed by atoms with van der Waals surface area (Å²) in [5, 5.41) is 6.75. The Labute approximate surface area is 119 Å². The minimum atomic E-state index is -0.0310. The van der Waals surface area contributed by atoms with Gasteiger partial charge in [0, 0.05) is 17.3 Å². The summed E-state index contributed by atoms with van der Waals surface area (Å²) in [4.78, 5) is 17.9. The van der Waals surface area contributed by atoms with Crippen molar-refractivity contribution in [2.45, 2.75) is 45.4 Å². The number of thiazole rings is 1. The van der Waals surface area contributed by atoms with Crippen LogP contribution in [0.15, 0.2) is 0 Å². The molecule has 106 valence electrons. The van der Waals surface area contributed by atoms with Gasteiger partial charge in [-0.1, -0.05) is 19.8 Å². The van der Waals surface area contributed by atoms with E-state index in [4.69, 9.17) is 0 Å². The molecule has 1 aliphatic rings. The highest BCUT2D eigenvalue weighted by Gasteiger charge is 2.17. The van der Waals surface area contributed by atoms with Crippen LogP contribution in [0.2, 0.25) is 0 Å². The van der Waals surface area contributed by atoms with Gasteiger partial charge >= 0.3 is 0 Å². The van der Waals surface area contributed by atoms with Crippen molar-refractivity contribution >= 4 is 22.4 Å². The molecule has 0 bridgehead atoms. The van der Waals surface area contributed by atoms with Gasteiger partial charge in [0.2, 0.25) is 5.91 Å². The van der Waals surface area contributed by atoms with Crippen molar-refractivity contribution in [1.82, 2.24) is 10.3 Å². The largest absolute Gasteiger partial charge is 0.319 e. The van der Waals surface area contributed by atoms with Crippen molar-refractivity contribution in [2.75, 3.05) is 18.9 Å². The lowest BCUT2D eigenvalue weighted by Gasteiger charge is -2.09. The van der Waals surface area contributed by atoms with E-state index < -0.39 is 0 Å². The maximum Gasteiger partial charge on any atom is 0.230 e. The predicted molar refractivity (Wildman–Crippen MR) is 79.7 cm³/mol. The molecule has 1 aromatic heterocycles. The summed E-state index contributed by atoms with van der Waals surface area (Å²) in [6.07, 6.45) is 7.28.